The summed E-state index contributed by atoms with van der Waals surface area (Å²) in [5.74, 6) is -6.81. The number of aliphatic hydroxyl groups is 3. The highest BCUT2D eigenvalue weighted by Crippen LogP contribution is 2.68. The summed E-state index contributed by atoms with van der Waals surface area (Å²) >= 11 is 0. The van der Waals surface area contributed by atoms with E-state index in [0.717, 1.165) is 18.5 Å². The Morgan fingerprint density at radius 2 is 1.76 bits per heavy atom. The number of nitrogens with zero attached hydrogens (tertiary/aromatic N) is 2. The second kappa shape index (κ2) is 10.7. The van der Waals surface area contributed by atoms with Gasteiger partial charge >= 0.3 is 0 Å². The fraction of sp³-hybridized carbons (Fsp3) is 0.424. The molecule has 1 fully saturated rings. The third-order valence-electron chi connectivity index (χ3n) is 9.64. The zero-order chi connectivity index (χ0) is 32.6. The number of phenolic OH excluding ortho intramolecular Hbond substituents is 1. The van der Waals surface area contributed by atoms with E-state index in [1.165, 1.54) is 6.07 Å². The first-order chi connectivity index (χ1) is 21.2. The molecule has 7 N–H and O–H groups in total. The van der Waals surface area contributed by atoms with Crippen LogP contribution in [0.15, 0.2) is 59.1 Å². The van der Waals surface area contributed by atoms with Crippen molar-refractivity contribution in [1.29, 1.82) is 0 Å². The molecular formula is C33H38N4O8. The lowest BCUT2D eigenvalue weighted by Gasteiger charge is -2.46. The summed E-state index contributed by atoms with van der Waals surface area (Å²) in [6, 6.07) is 9.29. The minimum atomic E-state index is -2.40. The van der Waals surface area contributed by atoms with E-state index in [-0.39, 0.29) is 35.6 Å². The average Bonchev–Trinajstić information content (AvgIpc) is 3.60. The zero-order valence-corrected chi connectivity index (χ0v) is 25.6. The third kappa shape index (κ3) is 4.46. The molecule has 1 unspecified atom stereocenters. The van der Waals surface area contributed by atoms with Gasteiger partial charge in [-0.25, -0.2) is 0 Å². The monoisotopic (exact) mass is 618 g/mol. The fourth-order valence-corrected chi connectivity index (χ4v) is 7.63. The number of carbonyl (C=O) groups excluding carboxylic acids is 3. The Morgan fingerprint density at radius 3 is 2.38 bits per heavy atom. The molecule has 4 aliphatic rings. The number of ketones is 1. The third-order valence-corrected chi connectivity index (χ3v) is 9.64. The van der Waals surface area contributed by atoms with Crippen LogP contribution in [-0.4, -0.2) is 107 Å². The summed E-state index contributed by atoms with van der Waals surface area (Å²) in [5.41, 5.74) is 5.65. The van der Waals surface area contributed by atoms with Crippen molar-refractivity contribution in [3.05, 3.63) is 75.8 Å². The van der Waals surface area contributed by atoms with Crippen LogP contribution in [0.5, 0.6) is 5.75 Å². The first kappa shape index (κ1) is 30.8. The number of primary amides is 1. The van der Waals surface area contributed by atoms with Crippen molar-refractivity contribution in [2.24, 2.45) is 17.6 Å². The van der Waals surface area contributed by atoms with Gasteiger partial charge < -0.3 is 41.1 Å². The quantitative estimate of drug-likeness (QED) is 0.187. The predicted octanol–water partition coefficient (Wildman–Crippen LogP) is 1.63. The van der Waals surface area contributed by atoms with Gasteiger partial charge in [-0.1, -0.05) is 18.2 Å². The topological polar surface area (TPSA) is 189 Å². The molecule has 0 saturated carbocycles. The molecule has 0 radical (unpaired) electrons. The second-order valence-electron chi connectivity index (χ2n) is 12.8. The Labute approximate surface area is 260 Å². The maximum atomic E-state index is 14.1. The van der Waals surface area contributed by atoms with Crippen LogP contribution in [0, 0.1) is 11.8 Å². The van der Waals surface area contributed by atoms with E-state index >= 15 is 0 Å². The van der Waals surface area contributed by atoms with Crippen LogP contribution >= 0.6 is 0 Å². The summed E-state index contributed by atoms with van der Waals surface area (Å²) in [4.78, 5) is 42.8. The highest BCUT2D eigenvalue weighted by atomic mass is 16.8. The molecule has 6 rings (SSSR count). The summed E-state index contributed by atoms with van der Waals surface area (Å²) < 4.78 is 5.73. The minimum absolute atomic E-state index is 0.00822. The van der Waals surface area contributed by atoms with Crippen LogP contribution in [0.2, 0.25) is 0 Å². The first-order valence-corrected chi connectivity index (χ1v) is 14.9. The number of carbonyl (C=O) groups is 3. The van der Waals surface area contributed by atoms with Crippen molar-refractivity contribution in [1.82, 2.24) is 15.1 Å². The normalized spacial score (nSPS) is 28.4. The maximum Gasteiger partial charge on any atom is 0.253 e. The van der Waals surface area contributed by atoms with E-state index in [9.17, 15) is 34.8 Å². The number of hydrogen-bond acceptors (Lipinski definition) is 10. The molecule has 1 saturated heterocycles. The van der Waals surface area contributed by atoms with Crippen molar-refractivity contribution >= 4 is 17.6 Å². The van der Waals surface area contributed by atoms with Crippen molar-refractivity contribution in [3.8, 4) is 16.9 Å². The summed E-state index contributed by atoms with van der Waals surface area (Å²) in [7, 11) is 7.31. The standard InChI is InChI=1S/C33H38N4O8/c1-36(2)13-5-12-35-31(43)17-8-6-16(7-9-17)19-10-11-22(38)24-20(19)14-18-15-21-26(37(3)4)28(40)25(30(34)42)33(44)32(21,45-33)29(41)23(18)27(24)39/h6-11,18,21,26,38,40-41,44H,5,12-15H2,1-4H3,(H2,34,42)(H,35,43)/t18-,21-,26+,32-,33?/m0/s1. The summed E-state index contributed by atoms with van der Waals surface area (Å²) in [6.07, 6.45) is 1.30. The van der Waals surface area contributed by atoms with Crippen LogP contribution in [0.4, 0.5) is 0 Å². The van der Waals surface area contributed by atoms with Crippen molar-refractivity contribution in [2.45, 2.75) is 36.7 Å². The van der Waals surface area contributed by atoms with Crippen LogP contribution in [0.1, 0.15) is 39.1 Å². The minimum Gasteiger partial charge on any atom is -0.510 e. The summed E-state index contributed by atoms with van der Waals surface area (Å²) in [5, 5.41) is 48.0. The second-order valence-corrected chi connectivity index (χ2v) is 12.8. The van der Waals surface area contributed by atoms with Gasteiger partial charge in [0, 0.05) is 23.6 Å². The van der Waals surface area contributed by atoms with E-state index in [0.29, 0.717) is 23.2 Å². The first-order valence-electron chi connectivity index (χ1n) is 14.9. The number of nitrogens with one attached hydrogen (secondary N) is 1. The fourth-order valence-electron chi connectivity index (χ4n) is 7.63. The number of fused-ring (bicyclic) bond motifs is 2. The molecule has 12 heteroatoms. The number of aromatic hydroxyl groups is 1. The van der Waals surface area contributed by atoms with E-state index in [1.807, 2.05) is 19.0 Å². The Hall–Kier alpha value is -4.23. The van der Waals surface area contributed by atoms with E-state index < -0.39 is 58.0 Å². The Morgan fingerprint density at radius 1 is 1.07 bits per heavy atom. The molecule has 1 heterocycles. The molecule has 5 atom stereocenters. The molecule has 45 heavy (non-hydrogen) atoms. The summed E-state index contributed by atoms with van der Waals surface area (Å²) in [6.45, 7) is 1.41. The number of Topliss-reactive ketones (excluding diaryl/α,β-unsaturated/α-hetero) is 1. The number of hydrogen-bond donors (Lipinski definition) is 6. The molecule has 12 nitrogen and oxygen atoms in total. The van der Waals surface area contributed by atoms with Gasteiger partial charge in [-0.05, 0) is 94.8 Å². The van der Waals surface area contributed by atoms with Crippen molar-refractivity contribution in [2.75, 3.05) is 41.3 Å². The Kier molecular flexibility index (Phi) is 7.31. The Bertz CT molecular complexity index is 1680. The van der Waals surface area contributed by atoms with Crippen LogP contribution in [0.3, 0.4) is 0 Å². The molecular weight excluding hydrogens is 580 g/mol. The molecule has 1 aliphatic heterocycles. The SMILES string of the molecule is CN(C)CCCNC(=O)c1ccc(-c2ccc(O)c3c2C[C@H]2C[C@H]4[C@@H](N(C)C)C(O)=C(C(N)=O)C5(O)O[C@]45C(O)=C2C3=O)cc1. The molecule has 2 aromatic carbocycles. The lowest BCUT2D eigenvalue weighted by atomic mass is 9.60. The van der Waals surface area contributed by atoms with Crippen LogP contribution < -0.4 is 11.1 Å². The molecule has 2 aromatic rings. The zero-order valence-electron chi connectivity index (χ0n) is 25.6. The number of ether oxygens (including phenoxy) is 1. The molecule has 0 aromatic heterocycles. The number of nitrogens with two attached hydrogens (primary N) is 1. The van der Waals surface area contributed by atoms with E-state index in [4.69, 9.17) is 10.5 Å². The van der Waals surface area contributed by atoms with Gasteiger partial charge in [0.15, 0.2) is 11.4 Å². The van der Waals surface area contributed by atoms with Gasteiger partial charge in [0.2, 0.25) is 5.79 Å². The van der Waals surface area contributed by atoms with Crippen molar-refractivity contribution < 1.29 is 39.5 Å². The van der Waals surface area contributed by atoms with Gasteiger partial charge in [-0.3, -0.25) is 19.3 Å². The number of likely N-dealkylation sites (N-methyl/N-ethyl adjacent to an activating group) is 1. The van der Waals surface area contributed by atoms with Crippen LogP contribution in [0.25, 0.3) is 11.1 Å². The van der Waals surface area contributed by atoms with Gasteiger partial charge in [0.1, 0.15) is 22.8 Å². The number of phenols is 1. The molecule has 2 amide bonds. The predicted molar refractivity (Wildman–Crippen MR) is 163 cm³/mol. The molecule has 0 bridgehead atoms. The van der Waals surface area contributed by atoms with Gasteiger partial charge in [-0.2, -0.15) is 0 Å². The van der Waals surface area contributed by atoms with Gasteiger partial charge in [-0.15, -0.1) is 0 Å². The lowest BCUT2D eigenvalue weighted by molar-refractivity contribution is -0.117. The van der Waals surface area contributed by atoms with E-state index in [2.05, 4.69) is 5.32 Å². The molecule has 1 spiro atoms. The number of benzene rings is 2. The number of amides is 2. The maximum absolute atomic E-state index is 14.1. The van der Waals surface area contributed by atoms with Crippen LogP contribution in [-0.2, 0) is 16.0 Å². The number of rotatable bonds is 8. The highest BCUT2D eigenvalue weighted by molar-refractivity contribution is 6.14. The number of allylic oxidation sites excluding steroid dienone is 1. The Balaban J connectivity index is 1.36. The van der Waals surface area contributed by atoms with Gasteiger partial charge in [0.05, 0.1) is 11.6 Å². The average molecular weight is 619 g/mol. The van der Waals surface area contributed by atoms with E-state index in [1.54, 1.807) is 49.3 Å². The molecule has 3 aliphatic carbocycles. The largest absolute Gasteiger partial charge is 0.510 e. The smallest absolute Gasteiger partial charge is 0.253 e. The number of epoxide rings is 1. The van der Waals surface area contributed by atoms with Gasteiger partial charge in [0.25, 0.3) is 11.8 Å². The lowest BCUT2D eigenvalue weighted by Crippen LogP contribution is -2.57. The number of aliphatic hydroxyl groups excluding tert-OH is 2. The molecule has 238 valence electrons. The highest BCUT2D eigenvalue weighted by Gasteiger charge is 2.84. The van der Waals surface area contributed by atoms with Crippen molar-refractivity contribution in [3.63, 3.8) is 0 Å².